The molecule has 1 unspecified atom stereocenters. The molecule has 0 aromatic heterocycles. The van der Waals surface area contributed by atoms with Crippen molar-refractivity contribution in [3.63, 3.8) is 0 Å². The monoisotopic (exact) mass is 379 g/mol. The predicted molar refractivity (Wildman–Crippen MR) is 104 cm³/mol. The molecule has 0 spiro atoms. The van der Waals surface area contributed by atoms with Gasteiger partial charge in [-0.15, -0.1) is 11.8 Å². The molecule has 1 aromatic rings. The van der Waals surface area contributed by atoms with Gasteiger partial charge in [-0.3, -0.25) is 9.59 Å². The number of rotatable bonds is 10. The van der Waals surface area contributed by atoms with Gasteiger partial charge in [-0.25, -0.2) is 0 Å². The second kappa shape index (κ2) is 9.97. The van der Waals surface area contributed by atoms with Crippen molar-refractivity contribution in [3.05, 3.63) is 29.8 Å². The Balaban J connectivity index is 2.01. The number of ether oxygens (including phenoxy) is 1. The molecule has 144 valence electrons. The highest BCUT2D eigenvalue weighted by Gasteiger charge is 2.34. The molecule has 1 aliphatic rings. The predicted octanol–water partition coefficient (Wildman–Crippen LogP) is 3.97. The summed E-state index contributed by atoms with van der Waals surface area (Å²) in [5, 5.41) is 11.6. The fraction of sp³-hybridized carbons (Fsp3) is 0.600. The average Bonchev–Trinajstić information content (AvgIpc) is 3.09. The number of thioether (sulfide) groups is 1. The van der Waals surface area contributed by atoms with Gasteiger partial charge in [-0.1, -0.05) is 25.0 Å². The maximum absolute atomic E-state index is 12.7. The number of carboxylic acids is 1. The molecule has 26 heavy (non-hydrogen) atoms. The van der Waals surface area contributed by atoms with Crippen molar-refractivity contribution >= 4 is 23.6 Å². The summed E-state index contributed by atoms with van der Waals surface area (Å²) in [6.45, 7) is 5.72. The van der Waals surface area contributed by atoms with Gasteiger partial charge in [0, 0.05) is 24.7 Å². The molecule has 1 saturated carbocycles. The molecule has 2 N–H and O–H groups in total. The van der Waals surface area contributed by atoms with Crippen molar-refractivity contribution in [1.29, 1.82) is 0 Å². The van der Waals surface area contributed by atoms with E-state index in [1.165, 1.54) is 24.6 Å². The summed E-state index contributed by atoms with van der Waals surface area (Å²) in [5.74, 6) is -1.01. The molecule has 0 saturated heterocycles. The van der Waals surface area contributed by atoms with E-state index in [4.69, 9.17) is 9.84 Å². The average molecular weight is 380 g/mol. The molecular weight excluding hydrogens is 350 g/mol. The zero-order valence-electron chi connectivity index (χ0n) is 15.6. The van der Waals surface area contributed by atoms with Crippen LogP contribution < -0.4 is 5.32 Å². The van der Waals surface area contributed by atoms with E-state index >= 15 is 0 Å². The topological polar surface area (TPSA) is 75.6 Å². The summed E-state index contributed by atoms with van der Waals surface area (Å²) in [6.07, 6.45) is 5.60. The molecule has 0 radical (unpaired) electrons. The van der Waals surface area contributed by atoms with Crippen molar-refractivity contribution in [3.8, 4) is 0 Å². The Morgan fingerprint density at radius 3 is 2.65 bits per heavy atom. The lowest BCUT2D eigenvalue weighted by Crippen LogP contribution is -2.37. The highest BCUT2D eigenvalue weighted by atomic mass is 32.2. The van der Waals surface area contributed by atoms with Gasteiger partial charge in [0.2, 0.25) is 0 Å². The molecule has 0 heterocycles. The fourth-order valence-corrected chi connectivity index (χ4v) is 4.36. The van der Waals surface area contributed by atoms with Gasteiger partial charge in [0.25, 0.3) is 5.91 Å². The highest BCUT2D eigenvalue weighted by Crippen LogP contribution is 2.40. The van der Waals surface area contributed by atoms with Crippen LogP contribution in [0.5, 0.6) is 0 Å². The summed E-state index contributed by atoms with van der Waals surface area (Å²) in [4.78, 5) is 24.6. The minimum atomic E-state index is -0.883. The first kappa shape index (κ1) is 20.8. The number of nitrogens with one attached hydrogen (secondary N) is 1. The van der Waals surface area contributed by atoms with Crippen LogP contribution in [0.25, 0.3) is 0 Å². The Hall–Kier alpha value is -1.53. The van der Waals surface area contributed by atoms with Gasteiger partial charge in [-0.2, -0.15) is 0 Å². The first-order valence-electron chi connectivity index (χ1n) is 9.32. The van der Waals surface area contributed by atoms with E-state index in [1.807, 2.05) is 19.1 Å². The van der Waals surface area contributed by atoms with E-state index in [1.54, 1.807) is 19.1 Å². The minimum Gasteiger partial charge on any atom is -0.480 e. The van der Waals surface area contributed by atoms with Crippen molar-refractivity contribution in [2.24, 2.45) is 5.41 Å². The van der Waals surface area contributed by atoms with Crippen molar-refractivity contribution in [2.75, 3.05) is 19.8 Å². The Bertz CT molecular complexity index is 614. The standard InChI is InChI=1S/C20H29NO4S/c1-3-25-13-12-20(10-6-7-11-20)14-21-18(22)16-8-4-5-9-17(16)26-15(2)19(23)24/h4-5,8-9,15H,3,6-7,10-14H2,1-2H3,(H,21,22)(H,23,24). The summed E-state index contributed by atoms with van der Waals surface area (Å²) >= 11 is 1.20. The first-order chi connectivity index (χ1) is 12.5. The number of aliphatic carboxylic acids is 1. The van der Waals surface area contributed by atoms with Gasteiger partial charge in [0.15, 0.2) is 0 Å². The molecule has 5 nitrogen and oxygen atoms in total. The quantitative estimate of drug-likeness (QED) is 0.475. The minimum absolute atomic E-state index is 0.126. The summed E-state index contributed by atoms with van der Waals surface area (Å²) in [5.41, 5.74) is 0.671. The van der Waals surface area contributed by atoms with Gasteiger partial charge in [0.1, 0.15) is 5.25 Å². The van der Waals surface area contributed by atoms with Crippen LogP contribution in [0.1, 0.15) is 56.3 Å². The highest BCUT2D eigenvalue weighted by molar-refractivity contribution is 8.00. The van der Waals surface area contributed by atoms with Crippen molar-refractivity contribution in [2.45, 2.75) is 56.1 Å². The van der Waals surface area contributed by atoms with Crippen LogP contribution >= 0.6 is 11.8 Å². The molecule has 1 atom stereocenters. The van der Waals surface area contributed by atoms with Crippen LogP contribution in [0.4, 0.5) is 0 Å². The smallest absolute Gasteiger partial charge is 0.316 e. The van der Waals surface area contributed by atoms with Crippen LogP contribution in [-0.4, -0.2) is 42.0 Å². The molecule has 1 amide bonds. The normalized spacial score (nSPS) is 17.0. The number of carbonyl (C=O) groups excluding carboxylic acids is 1. The van der Waals surface area contributed by atoms with E-state index < -0.39 is 11.2 Å². The van der Waals surface area contributed by atoms with Crippen molar-refractivity contribution in [1.82, 2.24) is 5.32 Å². The SMILES string of the molecule is CCOCCC1(CNC(=O)c2ccccc2SC(C)C(=O)O)CCCC1. The number of hydrogen-bond acceptors (Lipinski definition) is 4. The molecule has 1 fully saturated rings. The molecule has 1 aromatic carbocycles. The lowest BCUT2D eigenvalue weighted by Gasteiger charge is -2.29. The first-order valence-corrected chi connectivity index (χ1v) is 10.2. The number of carboxylic acid groups (broad SMARTS) is 1. The Kier molecular flexibility index (Phi) is 7.97. The summed E-state index contributed by atoms with van der Waals surface area (Å²) in [7, 11) is 0. The molecular formula is C20H29NO4S. The zero-order chi connectivity index (χ0) is 19.0. The third-order valence-electron chi connectivity index (χ3n) is 5.05. The largest absolute Gasteiger partial charge is 0.480 e. The lowest BCUT2D eigenvalue weighted by molar-refractivity contribution is -0.136. The van der Waals surface area contributed by atoms with E-state index in [-0.39, 0.29) is 11.3 Å². The van der Waals surface area contributed by atoms with Crippen LogP contribution in [0, 0.1) is 5.41 Å². The molecule has 6 heteroatoms. The molecule has 2 rings (SSSR count). The number of carbonyl (C=O) groups is 2. The third kappa shape index (κ3) is 5.74. The number of amides is 1. The van der Waals surface area contributed by atoms with Gasteiger partial charge < -0.3 is 15.2 Å². The zero-order valence-corrected chi connectivity index (χ0v) is 16.4. The van der Waals surface area contributed by atoms with E-state index in [2.05, 4.69) is 5.32 Å². The molecule has 0 bridgehead atoms. The summed E-state index contributed by atoms with van der Waals surface area (Å²) < 4.78 is 5.53. The Labute approximate surface area is 159 Å². The molecule has 1 aliphatic carbocycles. The maximum atomic E-state index is 12.7. The third-order valence-corrected chi connectivity index (χ3v) is 6.22. The van der Waals surface area contributed by atoms with Crippen LogP contribution in [0.2, 0.25) is 0 Å². The van der Waals surface area contributed by atoms with Crippen LogP contribution in [0.15, 0.2) is 29.2 Å². The van der Waals surface area contributed by atoms with E-state index in [0.29, 0.717) is 17.0 Å². The van der Waals surface area contributed by atoms with Gasteiger partial charge in [0.05, 0.1) is 5.56 Å². The Morgan fingerprint density at radius 2 is 2.00 bits per heavy atom. The second-order valence-electron chi connectivity index (χ2n) is 6.93. The molecule has 0 aliphatic heterocycles. The van der Waals surface area contributed by atoms with Crippen molar-refractivity contribution < 1.29 is 19.4 Å². The maximum Gasteiger partial charge on any atom is 0.316 e. The van der Waals surface area contributed by atoms with Crippen LogP contribution in [-0.2, 0) is 9.53 Å². The fourth-order valence-electron chi connectivity index (χ4n) is 3.43. The number of hydrogen-bond donors (Lipinski definition) is 2. The van der Waals surface area contributed by atoms with E-state index in [0.717, 1.165) is 32.5 Å². The Morgan fingerprint density at radius 1 is 1.31 bits per heavy atom. The van der Waals surface area contributed by atoms with Gasteiger partial charge >= 0.3 is 5.97 Å². The van der Waals surface area contributed by atoms with Gasteiger partial charge in [-0.05, 0) is 50.7 Å². The second-order valence-corrected chi connectivity index (χ2v) is 8.31. The number of benzene rings is 1. The van der Waals surface area contributed by atoms with Crippen LogP contribution in [0.3, 0.4) is 0 Å². The van der Waals surface area contributed by atoms with E-state index in [9.17, 15) is 9.59 Å². The lowest BCUT2D eigenvalue weighted by atomic mass is 9.83. The summed E-state index contributed by atoms with van der Waals surface area (Å²) in [6, 6.07) is 7.20.